The number of fused-ring (bicyclic) bond motifs is 2. The van der Waals surface area contributed by atoms with Gasteiger partial charge in [-0.25, -0.2) is 4.79 Å². The van der Waals surface area contributed by atoms with Crippen LogP contribution in [0.15, 0.2) is 5.16 Å². The number of piperidine rings is 1. The fourth-order valence-corrected chi connectivity index (χ4v) is 2.48. The SMILES string of the molecule is CC1C2C/C(=N\O)C(C2)N1C(=O)O. The van der Waals surface area contributed by atoms with Crippen molar-refractivity contribution in [3.05, 3.63) is 0 Å². The summed E-state index contributed by atoms with van der Waals surface area (Å²) in [6.45, 7) is 1.91. The zero-order valence-electron chi connectivity index (χ0n) is 7.34. The fourth-order valence-electron chi connectivity index (χ4n) is 2.48. The Bertz CT molecular complexity index is 277. The highest BCUT2D eigenvalue weighted by molar-refractivity contribution is 5.95. The third-order valence-electron chi connectivity index (χ3n) is 3.19. The van der Waals surface area contributed by atoms with Crippen molar-refractivity contribution >= 4 is 11.8 Å². The predicted molar refractivity (Wildman–Crippen MR) is 45.1 cm³/mol. The van der Waals surface area contributed by atoms with Crippen molar-refractivity contribution in [3.63, 3.8) is 0 Å². The Morgan fingerprint density at radius 3 is 2.85 bits per heavy atom. The molecule has 3 atom stereocenters. The van der Waals surface area contributed by atoms with Crippen molar-refractivity contribution in [1.82, 2.24) is 4.90 Å². The standard InChI is InChI=1S/C8H12N2O3/c1-4-5-2-6(9-13)7(3-5)10(4)8(11)12/h4-5,7,13H,2-3H2,1H3,(H,11,12)/b9-6+. The summed E-state index contributed by atoms with van der Waals surface area (Å²) in [5.74, 6) is 0.340. The van der Waals surface area contributed by atoms with Gasteiger partial charge in [0.1, 0.15) is 0 Å². The van der Waals surface area contributed by atoms with Crippen LogP contribution in [0, 0.1) is 5.92 Å². The third-order valence-corrected chi connectivity index (χ3v) is 3.19. The molecule has 1 aliphatic carbocycles. The fraction of sp³-hybridized carbons (Fsp3) is 0.750. The normalized spacial score (nSPS) is 40.2. The van der Waals surface area contributed by atoms with Crippen molar-refractivity contribution < 1.29 is 15.1 Å². The molecule has 1 heterocycles. The summed E-state index contributed by atoms with van der Waals surface area (Å²) in [5, 5.41) is 20.7. The summed E-state index contributed by atoms with van der Waals surface area (Å²) in [6, 6.07) is -0.115. The second-order valence-electron chi connectivity index (χ2n) is 3.74. The maximum atomic E-state index is 10.9. The molecule has 0 spiro atoms. The number of carboxylic acid groups (broad SMARTS) is 1. The number of rotatable bonds is 0. The molecule has 3 unspecified atom stereocenters. The highest BCUT2D eigenvalue weighted by Crippen LogP contribution is 2.40. The Hall–Kier alpha value is -1.26. The van der Waals surface area contributed by atoms with Crippen LogP contribution >= 0.6 is 0 Å². The average Bonchev–Trinajstić information content (AvgIpc) is 2.59. The van der Waals surface area contributed by atoms with E-state index >= 15 is 0 Å². The Balaban J connectivity index is 2.27. The van der Waals surface area contributed by atoms with Crippen molar-refractivity contribution in [2.45, 2.75) is 31.8 Å². The molecule has 1 saturated carbocycles. The van der Waals surface area contributed by atoms with E-state index in [2.05, 4.69) is 5.16 Å². The van der Waals surface area contributed by atoms with Crippen LogP contribution in [0.5, 0.6) is 0 Å². The molecule has 0 aromatic heterocycles. The second kappa shape index (κ2) is 2.61. The van der Waals surface area contributed by atoms with Crippen LogP contribution in [-0.2, 0) is 0 Å². The zero-order valence-corrected chi connectivity index (χ0v) is 7.34. The van der Waals surface area contributed by atoms with Gasteiger partial charge in [0.05, 0.1) is 11.8 Å². The Morgan fingerprint density at radius 1 is 1.69 bits per heavy atom. The molecule has 72 valence electrons. The number of hydrogen-bond donors (Lipinski definition) is 2. The largest absolute Gasteiger partial charge is 0.465 e. The lowest BCUT2D eigenvalue weighted by atomic mass is 10.0. The van der Waals surface area contributed by atoms with Gasteiger partial charge in [0.2, 0.25) is 0 Å². The molecule has 2 aliphatic rings. The van der Waals surface area contributed by atoms with Crippen molar-refractivity contribution in [2.75, 3.05) is 0 Å². The van der Waals surface area contributed by atoms with Gasteiger partial charge in [-0.2, -0.15) is 0 Å². The van der Waals surface area contributed by atoms with Crippen LogP contribution in [0.3, 0.4) is 0 Å². The van der Waals surface area contributed by atoms with Gasteiger partial charge >= 0.3 is 6.09 Å². The first-order valence-corrected chi connectivity index (χ1v) is 4.37. The maximum absolute atomic E-state index is 10.9. The lowest BCUT2D eigenvalue weighted by Crippen LogP contribution is -2.46. The Labute approximate surface area is 75.6 Å². The van der Waals surface area contributed by atoms with E-state index in [1.54, 1.807) is 0 Å². The van der Waals surface area contributed by atoms with E-state index in [1.165, 1.54) is 4.90 Å². The minimum Gasteiger partial charge on any atom is -0.465 e. The van der Waals surface area contributed by atoms with Gasteiger partial charge in [0, 0.05) is 6.04 Å². The van der Waals surface area contributed by atoms with Gasteiger partial charge in [0.15, 0.2) is 0 Å². The maximum Gasteiger partial charge on any atom is 0.408 e. The van der Waals surface area contributed by atoms with Crippen molar-refractivity contribution in [1.29, 1.82) is 0 Å². The van der Waals surface area contributed by atoms with E-state index in [9.17, 15) is 4.79 Å². The molecular weight excluding hydrogens is 172 g/mol. The van der Waals surface area contributed by atoms with Crippen LogP contribution in [0.25, 0.3) is 0 Å². The first-order valence-electron chi connectivity index (χ1n) is 4.37. The molecule has 13 heavy (non-hydrogen) atoms. The van der Waals surface area contributed by atoms with E-state index in [0.29, 0.717) is 11.6 Å². The molecule has 2 fully saturated rings. The molecule has 0 radical (unpaired) electrons. The molecule has 0 aromatic carbocycles. The monoisotopic (exact) mass is 184 g/mol. The van der Waals surface area contributed by atoms with Crippen LogP contribution in [0.4, 0.5) is 4.79 Å². The highest BCUT2D eigenvalue weighted by atomic mass is 16.4. The molecule has 1 aliphatic heterocycles. The molecule has 2 bridgehead atoms. The number of hydrogen-bond acceptors (Lipinski definition) is 3. The number of oxime groups is 1. The first-order chi connectivity index (χ1) is 6.15. The summed E-state index contributed by atoms with van der Waals surface area (Å²) >= 11 is 0. The number of likely N-dealkylation sites (tertiary alicyclic amines) is 1. The van der Waals surface area contributed by atoms with E-state index in [1.807, 2.05) is 6.92 Å². The van der Waals surface area contributed by atoms with Crippen LogP contribution in [0.1, 0.15) is 19.8 Å². The van der Waals surface area contributed by atoms with Gasteiger partial charge in [0.25, 0.3) is 0 Å². The lowest BCUT2D eigenvalue weighted by Gasteiger charge is -2.30. The van der Waals surface area contributed by atoms with Crippen LogP contribution in [0.2, 0.25) is 0 Å². The second-order valence-corrected chi connectivity index (χ2v) is 3.74. The van der Waals surface area contributed by atoms with Gasteiger partial charge in [-0.05, 0) is 25.7 Å². The van der Waals surface area contributed by atoms with E-state index in [-0.39, 0.29) is 12.1 Å². The minimum absolute atomic E-state index is 0.0630. The van der Waals surface area contributed by atoms with Crippen LogP contribution in [-0.4, -0.2) is 39.1 Å². The number of nitrogens with zero attached hydrogens (tertiary/aromatic N) is 2. The summed E-state index contributed by atoms with van der Waals surface area (Å²) in [5.41, 5.74) is 0.616. The van der Waals surface area contributed by atoms with Gasteiger partial charge in [-0.1, -0.05) is 5.16 Å². The van der Waals surface area contributed by atoms with Crippen LogP contribution < -0.4 is 0 Å². The van der Waals surface area contributed by atoms with Gasteiger partial charge in [-0.15, -0.1) is 0 Å². The average molecular weight is 184 g/mol. The Kier molecular flexibility index (Phi) is 1.68. The molecule has 2 N–H and O–H groups in total. The molecule has 2 rings (SSSR count). The zero-order chi connectivity index (χ0) is 9.59. The summed E-state index contributed by atoms with van der Waals surface area (Å²) in [4.78, 5) is 12.2. The number of amides is 1. The Morgan fingerprint density at radius 2 is 2.38 bits per heavy atom. The van der Waals surface area contributed by atoms with Crippen molar-refractivity contribution in [2.24, 2.45) is 11.1 Å². The van der Waals surface area contributed by atoms with E-state index in [4.69, 9.17) is 10.3 Å². The topological polar surface area (TPSA) is 73.1 Å². The predicted octanol–water partition coefficient (Wildman–Crippen LogP) is 0.977. The number of carbonyl (C=O) groups is 1. The summed E-state index contributed by atoms with van der Waals surface area (Å²) in [7, 11) is 0. The first kappa shape index (κ1) is 8.34. The van der Waals surface area contributed by atoms with Gasteiger partial charge in [-0.3, -0.25) is 4.90 Å². The summed E-state index contributed by atoms with van der Waals surface area (Å²) < 4.78 is 0. The van der Waals surface area contributed by atoms with E-state index < -0.39 is 6.09 Å². The summed E-state index contributed by atoms with van der Waals surface area (Å²) in [6.07, 6.45) is 0.639. The van der Waals surface area contributed by atoms with Gasteiger partial charge < -0.3 is 10.3 Å². The van der Waals surface area contributed by atoms with Crippen molar-refractivity contribution in [3.8, 4) is 0 Å². The smallest absolute Gasteiger partial charge is 0.408 e. The molecular formula is C8H12N2O3. The highest BCUT2D eigenvalue weighted by Gasteiger charge is 2.50. The minimum atomic E-state index is -0.916. The third kappa shape index (κ3) is 0.993. The van der Waals surface area contributed by atoms with E-state index in [0.717, 1.165) is 12.8 Å². The quantitative estimate of drug-likeness (QED) is 0.435. The molecule has 1 saturated heterocycles. The molecule has 1 amide bonds. The molecule has 5 nitrogen and oxygen atoms in total. The molecule has 0 aromatic rings. The lowest BCUT2D eigenvalue weighted by molar-refractivity contribution is 0.126. The molecule has 5 heteroatoms.